The fraction of sp³-hybridized carbons (Fsp3) is 0.0435. The Labute approximate surface area is 206 Å². The van der Waals surface area contributed by atoms with Crippen LogP contribution in [0.15, 0.2) is 103 Å². The van der Waals surface area contributed by atoms with Crippen molar-refractivity contribution in [1.29, 1.82) is 0 Å². The molecule has 146 valence electrons. The topological polar surface area (TPSA) is 40.9 Å². The van der Waals surface area contributed by atoms with Gasteiger partial charge in [0.1, 0.15) is 9.52 Å². The second-order valence-electron chi connectivity index (χ2n) is 5.57. The average Bonchev–Trinajstić information content (AvgIpc) is 3.12. The number of hydrogen-bond donors (Lipinski definition) is 0. The van der Waals surface area contributed by atoms with E-state index >= 15 is 0 Å². The van der Waals surface area contributed by atoms with Crippen molar-refractivity contribution >= 4 is 36.6 Å². The Morgan fingerprint density at radius 1 is 0.759 bits per heavy atom. The molecule has 0 saturated heterocycles. The van der Waals surface area contributed by atoms with Crippen LogP contribution in [0.2, 0.25) is 0 Å². The Balaban J connectivity index is 0. The zero-order valence-electron chi connectivity index (χ0n) is 16.0. The largest absolute Gasteiger partial charge is 4.00 e. The molecule has 0 aliphatic rings. The Kier molecular flexibility index (Phi) is 17.6. The van der Waals surface area contributed by atoms with Crippen molar-refractivity contribution in [3.8, 4) is 0 Å². The maximum absolute atomic E-state index is 9.11. The van der Waals surface area contributed by atoms with Gasteiger partial charge in [-0.05, 0) is 6.92 Å². The van der Waals surface area contributed by atoms with Crippen molar-refractivity contribution in [2.24, 2.45) is 0 Å². The third-order valence-electron chi connectivity index (χ3n) is 3.38. The van der Waals surface area contributed by atoms with Gasteiger partial charge in [-0.3, -0.25) is 0 Å². The molecule has 0 heterocycles. The van der Waals surface area contributed by atoms with Gasteiger partial charge in [0.2, 0.25) is 0 Å². The van der Waals surface area contributed by atoms with Crippen molar-refractivity contribution in [3.63, 3.8) is 0 Å². The van der Waals surface area contributed by atoms with Gasteiger partial charge >= 0.3 is 25.8 Å². The first-order valence-electron chi connectivity index (χ1n) is 8.35. The van der Waals surface area contributed by atoms with E-state index in [1.807, 2.05) is 0 Å². The van der Waals surface area contributed by atoms with Gasteiger partial charge in [-0.25, -0.2) is 0 Å². The number of benzene rings is 3. The zero-order chi connectivity index (χ0) is 18.6. The van der Waals surface area contributed by atoms with Gasteiger partial charge in [-0.15, -0.1) is 29.7 Å². The van der Waals surface area contributed by atoms with Crippen LogP contribution in [0.3, 0.4) is 0 Å². The molecule has 0 unspecified atom stereocenters. The summed E-state index contributed by atoms with van der Waals surface area (Å²) in [5.41, 5.74) is 5.94. The summed E-state index contributed by atoms with van der Waals surface area (Å²) in [7, 11) is 0.777. The van der Waals surface area contributed by atoms with E-state index in [0.29, 0.717) is 0 Å². The van der Waals surface area contributed by atoms with Crippen LogP contribution in [0, 0.1) is 0 Å². The number of carbonyl (C=O) groups is 1. The standard InChI is InChI=1S/C12H10Si.C9H7.C2H5NO.2ClH.Hf/c1-3-7-11(8-4-1)13-12-9-5-2-6-10-12;1-2-5-9-7-3-6-8(9)4-1;1-2(3)4;;;/h1-10H;1-7H;1H3,(H2,3,4);2*1H;/q;-1;;;;+4/p-3. The molecule has 0 spiro atoms. The van der Waals surface area contributed by atoms with E-state index in [-0.39, 0.29) is 50.7 Å². The molecule has 29 heavy (non-hydrogen) atoms. The van der Waals surface area contributed by atoms with Crippen molar-refractivity contribution < 1.29 is 55.5 Å². The fourth-order valence-electron chi connectivity index (χ4n) is 2.28. The second-order valence-corrected chi connectivity index (χ2v) is 6.97. The molecule has 0 bridgehead atoms. The van der Waals surface area contributed by atoms with E-state index in [1.165, 1.54) is 28.1 Å². The summed E-state index contributed by atoms with van der Waals surface area (Å²) >= 11 is 0. The van der Waals surface area contributed by atoms with E-state index < -0.39 is 5.91 Å². The molecular formula is C23H21Cl2HfNOSi. The maximum Gasteiger partial charge on any atom is 4.00 e. The number of fused-ring (bicyclic) bond motifs is 1. The molecule has 4 aromatic carbocycles. The van der Waals surface area contributed by atoms with Crippen LogP contribution in [0.25, 0.3) is 16.5 Å². The summed E-state index contributed by atoms with van der Waals surface area (Å²) in [5.74, 6) is -0.583. The van der Waals surface area contributed by atoms with Crippen LogP contribution in [-0.2, 0) is 30.6 Å². The molecule has 4 rings (SSSR count). The number of carbonyl (C=O) groups excluding carboxylic acids is 1. The minimum atomic E-state index is -0.583. The summed E-state index contributed by atoms with van der Waals surface area (Å²) in [6, 6.07) is 35.8. The van der Waals surface area contributed by atoms with Gasteiger partial charge in [-0.2, -0.15) is 17.5 Å². The minimum Gasteiger partial charge on any atom is -1.00 e. The van der Waals surface area contributed by atoms with Crippen LogP contribution in [0.4, 0.5) is 0 Å². The van der Waals surface area contributed by atoms with Crippen molar-refractivity contribution in [3.05, 3.63) is 109 Å². The van der Waals surface area contributed by atoms with Crippen molar-refractivity contribution in [2.45, 2.75) is 6.92 Å². The summed E-state index contributed by atoms with van der Waals surface area (Å²) in [4.78, 5) is 9.11. The van der Waals surface area contributed by atoms with Gasteiger partial charge in [-0.1, -0.05) is 77.1 Å². The smallest absolute Gasteiger partial charge is 1.00 e. The molecule has 0 aromatic heterocycles. The average molecular weight is 605 g/mol. The van der Waals surface area contributed by atoms with Crippen LogP contribution in [0.5, 0.6) is 0 Å². The monoisotopic (exact) mass is 605 g/mol. The van der Waals surface area contributed by atoms with Gasteiger partial charge in [0, 0.05) is 5.91 Å². The molecule has 0 saturated carbocycles. The second kappa shape index (κ2) is 17.3. The summed E-state index contributed by atoms with van der Waals surface area (Å²) < 4.78 is 0. The number of rotatable bonds is 2. The quantitative estimate of drug-likeness (QED) is 0.203. The van der Waals surface area contributed by atoms with Crippen LogP contribution < -0.4 is 35.2 Å². The molecule has 1 N–H and O–H groups in total. The summed E-state index contributed by atoms with van der Waals surface area (Å²) in [6.07, 6.45) is 0. The van der Waals surface area contributed by atoms with Gasteiger partial charge in [0.15, 0.2) is 0 Å². The zero-order valence-corrected chi connectivity index (χ0v) is 22.1. The first-order chi connectivity index (χ1) is 12.6. The van der Waals surface area contributed by atoms with E-state index in [9.17, 15) is 0 Å². The molecule has 2 radical (unpaired) electrons. The van der Waals surface area contributed by atoms with Gasteiger partial charge < -0.3 is 35.3 Å². The number of hydrogen-bond acceptors (Lipinski definition) is 1. The van der Waals surface area contributed by atoms with Crippen LogP contribution in [-0.4, -0.2) is 15.4 Å². The van der Waals surface area contributed by atoms with Crippen molar-refractivity contribution in [1.82, 2.24) is 0 Å². The normalized spacial score (nSPS) is 8.45. The molecule has 2 nitrogen and oxygen atoms in total. The fourth-order valence-corrected chi connectivity index (χ4v) is 3.33. The number of nitrogens with one attached hydrogen (secondary N) is 1. The van der Waals surface area contributed by atoms with Crippen molar-refractivity contribution in [2.75, 3.05) is 0 Å². The number of halogens is 2. The summed E-state index contributed by atoms with van der Waals surface area (Å²) in [5, 5.41) is 5.46. The van der Waals surface area contributed by atoms with Crippen LogP contribution >= 0.6 is 0 Å². The van der Waals surface area contributed by atoms with E-state index in [1.54, 1.807) is 0 Å². The molecular weight excluding hydrogens is 584 g/mol. The molecule has 4 aromatic rings. The molecule has 0 atom stereocenters. The first-order valence-corrected chi connectivity index (χ1v) is 9.35. The minimum absolute atomic E-state index is 0. The predicted molar refractivity (Wildman–Crippen MR) is 112 cm³/mol. The van der Waals surface area contributed by atoms with E-state index in [4.69, 9.17) is 10.5 Å². The third kappa shape index (κ3) is 12.5. The Morgan fingerprint density at radius 3 is 1.62 bits per heavy atom. The summed E-state index contributed by atoms with van der Waals surface area (Å²) in [6.45, 7) is 1.19. The molecule has 0 aliphatic carbocycles. The SMILES string of the molecule is CC([NH-])=O.[Cl-].[Cl-].[Hf+4].c1ccc([Si]c2ccccc2)cc1.c1ccc2[cH-]ccc2c1. The first kappa shape index (κ1) is 29.6. The van der Waals surface area contributed by atoms with E-state index in [0.717, 1.165) is 9.52 Å². The molecule has 0 fully saturated rings. The Bertz CT molecular complexity index is 846. The predicted octanol–water partition coefficient (Wildman–Crippen LogP) is -1.51. The van der Waals surface area contributed by atoms with Gasteiger partial charge in [0.25, 0.3) is 0 Å². The molecule has 0 aliphatic heterocycles. The Morgan fingerprint density at radius 2 is 1.17 bits per heavy atom. The maximum atomic E-state index is 9.11. The molecule has 1 amide bonds. The number of amides is 1. The van der Waals surface area contributed by atoms with E-state index in [2.05, 4.69) is 103 Å². The van der Waals surface area contributed by atoms with Gasteiger partial charge in [0.05, 0.1) is 0 Å². The molecule has 6 heteroatoms. The third-order valence-corrected chi connectivity index (χ3v) is 4.63. The van der Waals surface area contributed by atoms with Crippen LogP contribution in [0.1, 0.15) is 6.92 Å². The Hall–Kier alpha value is -1.59.